The Hall–Kier alpha value is -2.93. The van der Waals surface area contributed by atoms with Gasteiger partial charge in [-0.15, -0.1) is 0 Å². The highest BCUT2D eigenvalue weighted by atomic mass is 16.5. The minimum Gasteiger partial charge on any atom is -0.497 e. The maximum atomic E-state index is 9.46. The van der Waals surface area contributed by atoms with Crippen molar-refractivity contribution in [1.29, 1.82) is 5.26 Å². The molecular weight excluding hydrogens is 278 g/mol. The van der Waals surface area contributed by atoms with Crippen LogP contribution in [0.4, 0.5) is 0 Å². The highest BCUT2D eigenvalue weighted by Gasteiger charge is 2.10. The van der Waals surface area contributed by atoms with Gasteiger partial charge in [0.05, 0.1) is 38.5 Å². The molecule has 112 valence electrons. The second-order valence-electron chi connectivity index (χ2n) is 4.47. The molecule has 0 amide bonds. The largest absolute Gasteiger partial charge is 0.497 e. The molecule has 0 aliphatic heterocycles. The van der Waals surface area contributed by atoms with Gasteiger partial charge in [-0.3, -0.25) is 0 Å². The van der Waals surface area contributed by atoms with E-state index in [9.17, 15) is 5.26 Å². The minimum absolute atomic E-state index is 0.519. The highest BCUT2D eigenvalue weighted by molar-refractivity contribution is 5.92. The smallest absolute Gasteiger partial charge is 0.129 e. The summed E-state index contributed by atoms with van der Waals surface area (Å²) in [6.07, 6.45) is 1.76. The topological polar surface area (TPSA) is 51.5 Å². The molecule has 0 radical (unpaired) electrons. The Labute approximate surface area is 130 Å². The number of benzene rings is 2. The third kappa shape index (κ3) is 3.21. The van der Waals surface area contributed by atoms with Crippen LogP contribution in [0.15, 0.2) is 42.5 Å². The molecule has 4 nitrogen and oxygen atoms in total. The van der Waals surface area contributed by atoms with Crippen LogP contribution < -0.4 is 14.2 Å². The van der Waals surface area contributed by atoms with E-state index in [-0.39, 0.29) is 0 Å². The average Bonchev–Trinajstić information content (AvgIpc) is 2.59. The van der Waals surface area contributed by atoms with Crippen molar-refractivity contribution in [2.24, 2.45) is 0 Å². The van der Waals surface area contributed by atoms with Crippen LogP contribution >= 0.6 is 0 Å². The maximum Gasteiger partial charge on any atom is 0.129 e. The first-order chi connectivity index (χ1) is 10.7. The Morgan fingerprint density at radius 1 is 0.909 bits per heavy atom. The van der Waals surface area contributed by atoms with E-state index in [4.69, 9.17) is 14.2 Å². The molecule has 0 unspecified atom stereocenters. The van der Waals surface area contributed by atoms with Crippen LogP contribution in [0.25, 0.3) is 11.6 Å². The Balaban J connectivity index is 2.51. The van der Waals surface area contributed by atoms with Crippen LogP contribution in [0.5, 0.6) is 17.2 Å². The number of methoxy groups -OCH3 is 3. The second kappa shape index (κ2) is 7.19. The molecule has 4 heteroatoms. The van der Waals surface area contributed by atoms with Gasteiger partial charge < -0.3 is 14.2 Å². The molecule has 0 aromatic heterocycles. The standard InChI is InChI=1S/C18H17NO3/c1-20-15-9-7-13(8-10-15)14(12-19)11-16-17(21-2)5-4-6-18(16)22-3/h4-11H,1-3H3. The van der Waals surface area contributed by atoms with Crippen LogP contribution in [0, 0.1) is 11.3 Å². The zero-order valence-electron chi connectivity index (χ0n) is 12.8. The van der Waals surface area contributed by atoms with Crippen molar-refractivity contribution in [3.8, 4) is 23.3 Å². The number of hydrogen-bond acceptors (Lipinski definition) is 4. The fraction of sp³-hybridized carbons (Fsp3) is 0.167. The molecule has 0 heterocycles. The van der Waals surface area contributed by atoms with E-state index >= 15 is 0 Å². The number of nitrogens with zero attached hydrogens (tertiary/aromatic N) is 1. The molecular formula is C18H17NO3. The normalized spacial score (nSPS) is 10.7. The Morgan fingerprint density at radius 3 is 1.95 bits per heavy atom. The van der Waals surface area contributed by atoms with Gasteiger partial charge in [0.15, 0.2) is 0 Å². The van der Waals surface area contributed by atoms with Crippen molar-refractivity contribution in [3.63, 3.8) is 0 Å². The van der Waals surface area contributed by atoms with Crippen LogP contribution in [0.1, 0.15) is 11.1 Å². The molecule has 0 aliphatic rings. The highest BCUT2D eigenvalue weighted by Crippen LogP contribution is 2.32. The van der Waals surface area contributed by atoms with Crippen molar-refractivity contribution in [1.82, 2.24) is 0 Å². The van der Waals surface area contributed by atoms with Crippen molar-refractivity contribution in [3.05, 3.63) is 53.6 Å². The lowest BCUT2D eigenvalue weighted by Gasteiger charge is -2.10. The van der Waals surface area contributed by atoms with E-state index in [1.54, 1.807) is 27.4 Å². The lowest BCUT2D eigenvalue weighted by Crippen LogP contribution is -1.93. The van der Waals surface area contributed by atoms with Crippen molar-refractivity contribution in [2.75, 3.05) is 21.3 Å². The summed E-state index contributed by atoms with van der Waals surface area (Å²) < 4.78 is 15.8. The summed E-state index contributed by atoms with van der Waals surface area (Å²) in [5, 5.41) is 9.46. The van der Waals surface area contributed by atoms with Crippen LogP contribution in [0.3, 0.4) is 0 Å². The van der Waals surface area contributed by atoms with Gasteiger partial charge in [-0.25, -0.2) is 0 Å². The Bertz CT molecular complexity index is 690. The van der Waals surface area contributed by atoms with Gasteiger partial charge in [0.2, 0.25) is 0 Å². The van der Waals surface area contributed by atoms with E-state index in [1.807, 2.05) is 42.5 Å². The number of ether oxygens (including phenoxy) is 3. The average molecular weight is 295 g/mol. The Kier molecular flexibility index (Phi) is 5.05. The predicted molar refractivity (Wildman–Crippen MR) is 86.0 cm³/mol. The summed E-state index contributed by atoms with van der Waals surface area (Å²) >= 11 is 0. The second-order valence-corrected chi connectivity index (χ2v) is 4.47. The van der Waals surface area contributed by atoms with Crippen LogP contribution in [-0.2, 0) is 0 Å². The molecule has 22 heavy (non-hydrogen) atoms. The van der Waals surface area contributed by atoms with Crippen molar-refractivity contribution in [2.45, 2.75) is 0 Å². The van der Waals surface area contributed by atoms with Gasteiger partial charge in [0.1, 0.15) is 17.2 Å². The zero-order valence-corrected chi connectivity index (χ0v) is 12.8. The maximum absolute atomic E-state index is 9.46. The summed E-state index contributed by atoms with van der Waals surface area (Å²) in [7, 11) is 4.78. The Morgan fingerprint density at radius 2 is 1.50 bits per heavy atom. The third-order valence-corrected chi connectivity index (χ3v) is 3.28. The minimum atomic E-state index is 0.519. The van der Waals surface area contributed by atoms with Crippen molar-refractivity contribution >= 4 is 11.6 Å². The summed E-state index contributed by atoms with van der Waals surface area (Å²) in [4.78, 5) is 0. The monoisotopic (exact) mass is 295 g/mol. The molecule has 0 aliphatic carbocycles. The first-order valence-corrected chi connectivity index (χ1v) is 6.70. The molecule has 2 rings (SSSR count). The SMILES string of the molecule is COc1ccc(C(C#N)=Cc2c(OC)cccc2OC)cc1. The van der Waals surface area contributed by atoms with E-state index in [0.29, 0.717) is 17.1 Å². The number of rotatable bonds is 5. The van der Waals surface area contributed by atoms with Gasteiger partial charge in [-0.05, 0) is 48.0 Å². The molecule has 0 saturated carbocycles. The van der Waals surface area contributed by atoms with Gasteiger partial charge in [0.25, 0.3) is 0 Å². The van der Waals surface area contributed by atoms with Crippen LogP contribution in [0.2, 0.25) is 0 Å². The fourth-order valence-corrected chi connectivity index (χ4v) is 2.12. The summed E-state index contributed by atoms with van der Waals surface area (Å²) in [6, 6.07) is 15.0. The number of hydrogen-bond donors (Lipinski definition) is 0. The fourth-order valence-electron chi connectivity index (χ4n) is 2.12. The molecule has 2 aromatic rings. The molecule has 0 N–H and O–H groups in total. The van der Waals surface area contributed by atoms with Gasteiger partial charge in [-0.2, -0.15) is 5.26 Å². The third-order valence-electron chi connectivity index (χ3n) is 3.28. The zero-order chi connectivity index (χ0) is 15.9. The predicted octanol–water partition coefficient (Wildman–Crippen LogP) is 3.78. The van der Waals surface area contributed by atoms with Gasteiger partial charge in [-0.1, -0.05) is 6.07 Å². The number of allylic oxidation sites excluding steroid dienone is 1. The molecule has 0 bridgehead atoms. The van der Waals surface area contributed by atoms with Gasteiger partial charge in [0, 0.05) is 0 Å². The first-order valence-electron chi connectivity index (χ1n) is 6.70. The molecule has 0 atom stereocenters. The first kappa shape index (κ1) is 15.5. The van der Waals surface area contributed by atoms with E-state index < -0.39 is 0 Å². The number of nitriles is 1. The molecule has 0 spiro atoms. The van der Waals surface area contributed by atoms with Crippen LogP contribution in [-0.4, -0.2) is 21.3 Å². The van der Waals surface area contributed by atoms with E-state index in [0.717, 1.165) is 16.9 Å². The lowest BCUT2D eigenvalue weighted by molar-refractivity contribution is 0.392. The summed E-state index contributed by atoms with van der Waals surface area (Å²) in [5.41, 5.74) is 2.06. The molecule has 0 fully saturated rings. The summed E-state index contributed by atoms with van der Waals surface area (Å²) in [5.74, 6) is 2.05. The summed E-state index contributed by atoms with van der Waals surface area (Å²) in [6.45, 7) is 0. The van der Waals surface area contributed by atoms with E-state index in [2.05, 4.69) is 6.07 Å². The lowest BCUT2D eigenvalue weighted by atomic mass is 10.0. The molecule has 2 aromatic carbocycles. The van der Waals surface area contributed by atoms with Gasteiger partial charge >= 0.3 is 0 Å². The quantitative estimate of drug-likeness (QED) is 0.622. The van der Waals surface area contributed by atoms with Crippen molar-refractivity contribution < 1.29 is 14.2 Å². The molecule has 0 saturated heterocycles. The van der Waals surface area contributed by atoms with E-state index in [1.165, 1.54) is 0 Å².